The van der Waals surface area contributed by atoms with Crippen molar-refractivity contribution in [2.24, 2.45) is 0 Å². The van der Waals surface area contributed by atoms with Gasteiger partial charge in [0.2, 0.25) is 0 Å². The number of nitrogens with one attached hydrogen (secondary N) is 1. The minimum Gasteiger partial charge on any atom is -0.467 e. The van der Waals surface area contributed by atoms with Crippen LogP contribution in [0.25, 0.3) is 17.1 Å². The smallest absolute Gasteiger partial charge is 0.270 e. The minimum absolute atomic E-state index is 0.273. The van der Waals surface area contributed by atoms with Crippen LogP contribution in [-0.2, 0) is 6.54 Å². The molecular weight excluding hydrogens is 366 g/mol. The summed E-state index contributed by atoms with van der Waals surface area (Å²) in [6.45, 7) is 2.13. The van der Waals surface area contributed by atoms with Crippen molar-refractivity contribution in [2.75, 3.05) is 0 Å². The monoisotopic (exact) mass is 381 g/mol. The lowest BCUT2D eigenvalue weighted by molar-refractivity contribution is 0.0940. The van der Waals surface area contributed by atoms with Gasteiger partial charge in [0.05, 0.1) is 23.5 Å². The maximum absolute atomic E-state index is 12.8. The third kappa shape index (κ3) is 3.52. The summed E-state index contributed by atoms with van der Waals surface area (Å²) in [4.78, 5) is 12.8. The number of aromatic nitrogens is 2. The van der Waals surface area contributed by atoms with Gasteiger partial charge in [0.1, 0.15) is 22.9 Å². The van der Waals surface area contributed by atoms with Crippen molar-refractivity contribution in [3.63, 3.8) is 0 Å². The van der Waals surface area contributed by atoms with E-state index < -0.39 is 0 Å². The standard InChI is InChI=1S/C20H16ClN3O3/c1-13-8-9-19(27-13)16-11-18(20(25)22-12-14-5-4-10-26-14)24(23-16)17-7-3-2-6-15(17)21/h2-11H,12H2,1H3,(H,22,25). The molecule has 0 aliphatic heterocycles. The molecule has 1 N–H and O–H groups in total. The minimum atomic E-state index is -0.298. The van der Waals surface area contributed by atoms with E-state index in [1.807, 2.05) is 31.2 Å². The second kappa shape index (κ2) is 7.17. The number of rotatable bonds is 5. The quantitative estimate of drug-likeness (QED) is 0.547. The third-order valence-corrected chi connectivity index (χ3v) is 4.34. The van der Waals surface area contributed by atoms with Crippen molar-refractivity contribution in [1.29, 1.82) is 0 Å². The summed E-state index contributed by atoms with van der Waals surface area (Å²) in [7, 11) is 0. The zero-order valence-corrected chi connectivity index (χ0v) is 15.2. The molecule has 7 heteroatoms. The highest BCUT2D eigenvalue weighted by Gasteiger charge is 2.20. The van der Waals surface area contributed by atoms with Gasteiger partial charge in [-0.2, -0.15) is 5.10 Å². The number of benzene rings is 1. The van der Waals surface area contributed by atoms with Gasteiger partial charge in [-0.05, 0) is 43.3 Å². The molecule has 0 aliphatic rings. The van der Waals surface area contributed by atoms with Crippen molar-refractivity contribution < 1.29 is 13.6 Å². The molecule has 0 atom stereocenters. The number of hydrogen-bond acceptors (Lipinski definition) is 4. The van der Waals surface area contributed by atoms with Gasteiger partial charge in [-0.3, -0.25) is 4.79 Å². The number of para-hydroxylation sites is 1. The fourth-order valence-corrected chi connectivity index (χ4v) is 2.93. The summed E-state index contributed by atoms with van der Waals surface area (Å²) < 4.78 is 12.4. The maximum Gasteiger partial charge on any atom is 0.270 e. The van der Waals surface area contributed by atoms with Crippen molar-refractivity contribution in [2.45, 2.75) is 13.5 Å². The molecule has 0 spiro atoms. The van der Waals surface area contributed by atoms with Crippen LogP contribution in [0.3, 0.4) is 0 Å². The van der Waals surface area contributed by atoms with E-state index in [0.29, 0.717) is 33.6 Å². The van der Waals surface area contributed by atoms with Crippen LogP contribution in [0, 0.1) is 6.92 Å². The lowest BCUT2D eigenvalue weighted by Gasteiger charge is -2.09. The van der Waals surface area contributed by atoms with Gasteiger partial charge in [0, 0.05) is 6.07 Å². The Balaban J connectivity index is 1.73. The van der Waals surface area contributed by atoms with E-state index in [4.69, 9.17) is 20.4 Å². The molecule has 4 rings (SSSR count). The highest BCUT2D eigenvalue weighted by Crippen LogP contribution is 2.26. The number of halogens is 1. The van der Waals surface area contributed by atoms with Crippen LogP contribution in [0.15, 0.2) is 69.7 Å². The van der Waals surface area contributed by atoms with E-state index in [2.05, 4.69) is 10.4 Å². The average molecular weight is 382 g/mol. The fraction of sp³-hybridized carbons (Fsp3) is 0.100. The lowest BCUT2D eigenvalue weighted by Crippen LogP contribution is -2.25. The first kappa shape index (κ1) is 17.2. The molecule has 1 amide bonds. The van der Waals surface area contributed by atoms with Crippen LogP contribution in [0.4, 0.5) is 0 Å². The highest BCUT2D eigenvalue weighted by atomic mass is 35.5. The first-order valence-corrected chi connectivity index (χ1v) is 8.72. The molecule has 6 nitrogen and oxygen atoms in total. The number of amides is 1. The van der Waals surface area contributed by atoms with Gasteiger partial charge >= 0.3 is 0 Å². The molecule has 0 radical (unpaired) electrons. The Labute approximate surface area is 160 Å². The summed E-state index contributed by atoms with van der Waals surface area (Å²) in [6, 6.07) is 16.1. The van der Waals surface area contributed by atoms with Crippen molar-refractivity contribution in [3.05, 3.63) is 83.1 Å². The summed E-state index contributed by atoms with van der Waals surface area (Å²) in [5, 5.41) is 7.87. The fourth-order valence-electron chi connectivity index (χ4n) is 2.71. The Bertz CT molecular complexity index is 1080. The second-order valence-corrected chi connectivity index (χ2v) is 6.36. The van der Waals surface area contributed by atoms with Gasteiger partial charge in [0.15, 0.2) is 5.76 Å². The van der Waals surface area contributed by atoms with Crippen LogP contribution in [0.1, 0.15) is 22.0 Å². The third-order valence-electron chi connectivity index (χ3n) is 4.02. The van der Waals surface area contributed by atoms with Crippen LogP contribution in [-0.4, -0.2) is 15.7 Å². The molecule has 3 heterocycles. The number of hydrogen-bond donors (Lipinski definition) is 1. The largest absolute Gasteiger partial charge is 0.467 e. The number of aryl methyl sites for hydroxylation is 1. The predicted octanol–water partition coefficient (Wildman–Crippen LogP) is 4.62. The van der Waals surface area contributed by atoms with Crippen molar-refractivity contribution in [1.82, 2.24) is 15.1 Å². The summed E-state index contributed by atoms with van der Waals surface area (Å²) in [5.74, 6) is 1.71. The van der Waals surface area contributed by atoms with E-state index in [1.165, 1.54) is 4.68 Å². The van der Waals surface area contributed by atoms with Crippen molar-refractivity contribution >= 4 is 17.5 Å². The van der Waals surface area contributed by atoms with Gasteiger partial charge in [-0.1, -0.05) is 23.7 Å². The van der Waals surface area contributed by atoms with Gasteiger partial charge in [-0.25, -0.2) is 4.68 Å². The Kier molecular flexibility index (Phi) is 4.56. The predicted molar refractivity (Wildman–Crippen MR) is 101 cm³/mol. The van der Waals surface area contributed by atoms with Gasteiger partial charge < -0.3 is 14.2 Å². The lowest BCUT2D eigenvalue weighted by atomic mass is 10.2. The van der Waals surface area contributed by atoms with E-state index >= 15 is 0 Å². The number of carbonyl (C=O) groups excluding carboxylic acids is 1. The van der Waals surface area contributed by atoms with Gasteiger partial charge in [0.25, 0.3) is 5.91 Å². The molecule has 0 fully saturated rings. The van der Waals surface area contributed by atoms with Crippen molar-refractivity contribution in [3.8, 4) is 17.1 Å². The summed E-state index contributed by atoms with van der Waals surface area (Å²) in [5.41, 5.74) is 1.50. The molecule has 1 aromatic carbocycles. The summed E-state index contributed by atoms with van der Waals surface area (Å²) >= 11 is 6.32. The first-order chi connectivity index (χ1) is 13.1. The van der Waals surface area contributed by atoms with Crippen LogP contribution in [0.2, 0.25) is 5.02 Å². The van der Waals surface area contributed by atoms with E-state index in [9.17, 15) is 4.79 Å². The molecule has 0 saturated heterocycles. The highest BCUT2D eigenvalue weighted by molar-refractivity contribution is 6.32. The number of carbonyl (C=O) groups is 1. The molecule has 0 saturated carbocycles. The molecule has 3 aromatic heterocycles. The molecule has 0 unspecified atom stereocenters. The Morgan fingerprint density at radius 1 is 1.19 bits per heavy atom. The van der Waals surface area contributed by atoms with Crippen LogP contribution < -0.4 is 5.32 Å². The van der Waals surface area contributed by atoms with Crippen LogP contribution >= 0.6 is 11.6 Å². The first-order valence-electron chi connectivity index (χ1n) is 8.34. The zero-order valence-electron chi connectivity index (χ0n) is 14.5. The summed E-state index contributed by atoms with van der Waals surface area (Å²) in [6.07, 6.45) is 1.56. The molecule has 27 heavy (non-hydrogen) atoms. The Morgan fingerprint density at radius 2 is 2.04 bits per heavy atom. The van der Waals surface area contributed by atoms with Gasteiger partial charge in [-0.15, -0.1) is 0 Å². The maximum atomic E-state index is 12.8. The molecular formula is C20H16ClN3O3. The molecule has 0 aliphatic carbocycles. The number of furan rings is 2. The van der Waals surface area contributed by atoms with Crippen LogP contribution in [0.5, 0.6) is 0 Å². The Hall–Kier alpha value is -3.25. The zero-order chi connectivity index (χ0) is 18.8. The SMILES string of the molecule is Cc1ccc(-c2cc(C(=O)NCc3ccco3)n(-c3ccccc3Cl)n2)o1. The topological polar surface area (TPSA) is 73.2 Å². The molecule has 4 aromatic rings. The second-order valence-electron chi connectivity index (χ2n) is 5.95. The normalized spacial score (nSPS) is 10.9. The number of nitrogens with zero attached hydrogens (tertiary/aromatic N) is 2. The average Bonchev–Trinajstić information content (AvgIpc) is 3.40. The Morgan fingerprint density at radius 3 is 2.74 bits per heavy atom. The van der Waals surface area contributed by atoms with E-state index in [1.54, 1.807) is 36.6 Å². The molecule has 136 valence electrons. The molecule has 0 bridgehead atoms. The van der Waals surface area contributed by atoms with E-state index in [-0.39, 0.29) is 12.5 Å². The van der Waals surface area contributed by atoms with E-state index in [0.717, 1.165) is 5.76 Å².